The Morgan fingerprint density at radius 1 is 1.14 bits per heavy atom. The number of carboxylic acid groups (broad SMARTS) is 1. The summed E-state index contributed by atoms with van der Waals surface area (Å²) < 4.78 is 2.34. The zero-order valence-corrected chi connectivity index (χ0v) is 16.6. The van der Waals surface area contributed by atoms with Gasteiger partial charge in [-0.2, -0.15) is 0 Å². The first-order chi connectivity index (χ1) is 13.6. The Morgan fingerprint density at radius 3 is 2.75 bits per heavy atom. The Labute approximate surface area is 167 Å². The normalized spacial score (nSPS) is 10.9. The van der Waals surface area contributed by atoms with Crippen molar-refractivity contribution in [2.45, 2.75) is 20.0 Å². The highest BCUT2D eigenvalue weighted by molar-refractivity contribution is 7.13. The summed E-state index contributed by atoms with van der Waals surface area (Å²) in [7, 11) is 1.96. The van der Waals surface area contributed by atoms with E-state index in [1.54, 1.807) is 11.3 Å². The molecule has 140 valence electrons. The van der Waals surface area contributed by atoms with Crippen LogP contribution in [0.3, 0.4) is 0 Å². The second kappa shape index (κ2) is 7.51. The molecule has 0 unspecified atom stereocenters. The van der Waals surface area contributed by atoms with Gasteiger partial charge in [0.25, 0.3) is 0 Å². The summed E-state index contributed by atoms with van der Waals surface area (Å²) in [6.45, 7) is 3.91. The van der Waals surface area contributed by atoms with Gasteiger partial charge in [0.1, 0.15) is 0 Å². The van der Waals surface area contributed by atoms with Gasteiger partial charge in [0, 0.05) is 56.6 Å². The second-order valence-corrected chi connectivity index (χ2v) is 7.52. The van der Waals surface area contributed by atoms with Gasteiger partial charge in [-0.25, -0.2) is 4.79 Å². The SMILES string of the molecule is CCn1c2ccc(CNC)cc2c2ccc(-c3cc(C#CC(=O)O)cs3)cc21. The number of hydrogen-bond acceptors (Lipinski definition) is 3. The van der Waals surface area contributed by atoms with E-state index < -0.39 is 5.97 Å². The Bertz CT molecular complexity index is 1250. The van der Waals surface area contributed by atoms with Crippen molar-refractivity contribution in [2.24, 2.45) is 0 Å². The molecule has 5 heteroatoms. The van der Waals surface area contributed by atoms with Crippen molar-refractivity contribution in [3.05, 3.63) is 59.0 Å². The molecule has 4 rings (SSSR count). The van der Waals surface area contributed by atoms with E-state index in [1.807, 2.05) is 18.5 Å². The number of thiophene rings is 1. The fraction of sp³-hybridized carbons (Fsp3) is 0.174. The van der Waals surface area contributed by atoms with Crippen LogP contribution in [0.4, 0.5) is 0 Å². The summed E-state index contributed by atoms with van der Waals surface area (Å²) >= 11 is 1.58. The Kier molecular flexibility index (Phi) is 4.91. The number of hydrogen-bond donors (Lipinski definition) is 2. The van der Waals surface area contributed by atoms with Gasteiger partial charge in [0.2, 0.25) is 0 Å². The largest absolute Gasteiger partial charge is 0.472 e. The number of nitrogens with zero attached hydrogens (tertiary/aromatic N) is 1. The summed E-state index contributed by atoms with van der Waals surface area (Å²) in [6.07, 6.45) is 0. The highest BCUT2D eigenvalue weighted by atomic mass is 32.1. The first-order valence-corrected chi connectivity index (χ1v) is 10.0. The lowest BCUT2D eigenvalue weighted by Crippen LogP contribution is -2.04. The number of aliphatic carboxylic acids is 1. The molecular weight excluding hydrogens is 368 g/mol. The Morgan fingerprint density at radius 2 is 2.00 bits per heavy atom. The van der Waals surface area contributed by atoms with Crippen LogP contribution >= 0.6 is 11.3 Å². The van der Waals surface area contributed by atoms with Crippen molar-refractivity contribution in [2.75, 3.05) is 7.05 Å². The summed E-state index contributed by atoms with van der Waals surface area (Å²) in [4.78, 5) is 11.7. The molecule has 2 heterocycles. The lowest BCUT2D eigenvalue weighted by molar-refractivity contribution is -0.130. The molecule has 0 amide bonds. The van der Waals surface area contributed by atoms with Gasteiger partial charge in [-0.3, -0.25) is 0 Å². The van der Waals surface area contributed by atoms with E-state index in [4.69, 9.17) is 5.11 Å². The van der Waals surface area contributed by atoms with E-state index in [9.17, 15) is 4.79 Å². The molecule has 0 saturated heterocycles. The lowest BCUT2D eigenvalue weighted by Gasteiger charge is -2.05. The van der Waals surface area contributed by atoms with Crippen molar-refractivity contribution in [1.82, 2.24) is 9.88 Å². The minimum Gasteiger partial charge on any atom is -0.472 e. The summed E-state index contributed by atoms with van der Waals surface area (Å²) in [5, 5.41) is 16.4. The van der Waals surface area contributed by atoms with Gasteiger partial charge in [-0.15, -0.1) is 11.3 Å². The van der Waals surface area contributed by atoms with Crippen LogP contribution < -0.4 is 5.32 Å². The van der Waals surface area contributed by atoms with E-state index in [-0.39, 0.29) is 0 Å². The average Bonchev–Trinajstić information content (AvgIpc) is 3.28. The lowest BCUT2D eigenvalue weighted by atomic mass is 10.1. The molecule has 0 aliphatic rings. The molecule has 2 aromatic carbocycles. The standard InChI is InChI=1S/C23H20N2O2S/c1-3-25-20-8-4-15(13-24-2)10-19(20)18-7-6-17(12-21(18)25)22-11-16(14-28-22)5-9-23(26)27/h4,6-8,10-12,14,24H,3,13H2,1-2H3,(H,26,27). The molecule has 28 heavy (non-hydrogen) atoms. The number of rotatable bonds is 4. The van der Waals surface area contributed by atoms with E-state index in [0.717, 1.165) is 29.1 Å². The highest BCUT2D eigenvalue weighted by Gasteiger charge is 2.12. The smallest absolute Gasteiger partial charge is 0.382 e. The van der Waals surface area contributed by atoms with Gasteiger partial charge >= 0.3 is 5.97 Å². The van der Waals surface area contributed by atoms with Gasteiger partial charge in [0.15, 0.2) is 0 Å². The predicted molar refractivity (Wildman–Crippen MR) is 116 cm³/mol. The molecule has 0 atom stereocenters. The monoisotopic (exact) mass is 388 g/mol. The molecular formula is C23H20N2O2S. The molecule has 2 N–H and O–H groups in total. The third-order valence-corrected chi connectivity index (χ3v) is 5.80. The average molecular weight is 388 g/mol. The van der Waals surface area contributed by atoms with Gasteiger partial charge in [-0.1, -0.05) is 24.1 Å². The van der Waals surface area contributed by atoms with Crippen LogP contribution in [0.25, 0.3) is 32.2 Å². The Balaban J connectivity index is 1.84. The number of aryl methyl sites for hydroxylation is 1. The number of benzene rings is 2. The van der Waals surface area contributed by atoms with E-state index in [2.05, 4.69) is 65.0 Å². The minimum absolute atomic E-state index is 0.732. The van der Waals surface area contributed by atoms with Crippen LogP contribution in [0.2, 0.25) is 0 Å². The maximum Gasteiger partial charge on any atom is 0.382 e. The van der Waals surface area contributed by atoms with E-state index in [1.165, 1.54) is 27.4 Å². The summed E-state index contributed by atoms with van der Waals surface area (Å²) in [6, 6.07) is 15.1. The van der Waals surface area contributed by atoms with Crippen LogP contribution in [0.15, 0.2) is 47.8 Å². The molecule has 0 fully saturated rings. The molecule has 4 nitrogen and oxygen atoms in total. The van der Waals surface area contributed by atoms with E-state index >= 15 is 0 Å². The first kappa shape index (κ1) is 18.3. The number of carboxylic acids is 1. The molecule has 0 aliphatic carbocycles. The van der Waals surface area contributed by atoms with Gasteiger partial charge in [-0.05, 0) is 49.4 Å². The van der Waals surface area contributed by atoms with Crippen molar-refractivity contribution in [3.8, 4) is 22.3 Å². The number of aromatic nitrogens is 1. The molecule has 4 aromatic rings. The minimum atomic E-state index is -1.11. The van der Waals surface area contributed by atoms with Gasteiger partial charge in [0.05, 0.1) is 0 Å². The molecule has 0 bridgehead atoms. The van der Waals surface area contributed by atoms with Gasteiger partial charge < -0.3 is 15.0 Å². The predicted octanol–water partition coefficient (Wildman–Crippen LogP) is 4.70. The maximum atomic E-state index is 10.6. The van der Waals surface area contributed by atoms with Crippen molar-refractivity contribution >= 4 is 39.1 Å². The third-order valence-electron chi connectivity index (χ3n) is 4.83. The van der Waals surface area contributed by atoms with Crippen molar-refractivity contribution < 1.29 is 9.90 Å². The number of carbonyl (C=O) groups is 1. The summed E-state index contributed by atoms with van der Waals surface area (Å²) in [5.41, 5.74) is 5.58. The highest BCUT2D eigenvalue weighted by Crippen LogP contribution is 2.35. The second-order valence-electron chi connectivity index (χ2n) is 6.61. The summed E-state index contributed by atoms with van der Waals surface area (Å²) in [5.74, 6) is 3.74. The van der Waals surface area contributed by atoms with Crippen LogP contribution in [0, 0.1) is 11.8 Å². The first-order valence-electron chi connectivity index (χ1n) is 9.14. The fourth-order valence-electron chi connectivity index (χ4n) is 3.63. The molecule has 0 saturated carbocycles. The molecule has 0 spiro atoms. The Hall–Kier alpha value is -3.07. The van der Waals surface area contributed by atoms with Crippen LogP contribution in [0.5, 0.6) is 0 Å². The molecule has 0 aliphatic heterocycles. The quantitative estimate of drug-likeness (QED) is 0.498. The van der Waals surface area contributed by atoms with Crippen LogP contribution in [-0.2, 0) is 17.9 Å². The molecule has 0 radical (unpaired) electrons. The maximum absolute atomic E-state index is 10.6. The zero-order chi connectivity index (χ0) is 19.7. The van der Waals surface area contributed by atoms with Crippen molar-refractivity contribution in [3.63, 3.8) is 0 Å². The fourth-order valence-corrected chi connectivity index (χ4v) is 4.47. The number of nitrogens with one attached hydrogen (secondary N) is 1. The van der Waals surface area contributed by atoms with Crippen molar-refractivity contribution in [1.29, 1.82) is 0 Å². The zero-order valence-electron chi connectivity index (χ0n) is 15.7. The topological polar surface area (TPSA) is 54.3 Å². The molecule has 2 aromatic heterocycles. The number of fused-ring (bicyclic) bond motifs is 3. The third kappa shape index (κ3) is 3.29. The van der Waals surface area contributed by atoms with Crippen LogP contribution in [0.1, 0.15) is 18.1 Å². The van der Waals surface area contributed by atoms with E-state index in [0.29, 0.717) is 0 Å². The van der Waals surface area contributed by atoms with Crippen LogP contribution in [-0.4, -0.2) is 22.7 Å².